The summed E-state index contributed by atoms with van der Waals surface area (Å²) in [6.07, 6.45) is 2.84. The third-order valence-corrected chi connectivity index (χ3v) is 3.29. The number of rotatable bonds is 4. The Morgan fingerprint density at radius 3 is 2.84 bits per heavy atom. The van der Waals surface area contributed by atoms with Crippen molar-refractivity contribution in [3.05, 3.63) is 30.6 Å². The van der Waals surface area contributed by atoms with E-state index in [-0.39, 0.29) is 0 Å². The molecular formula is C14H17N5. The van der Waals surface area contributed by atoms with Crippen LogP contribution in [-0.2, 0) is 0 Å². The van der Waals surface area contributed by atoms with Crippen LogP contribution in [0, 0.1) is 0 Å². The molecule has 0 unspecified atom stereocenters. The Bertz CT molecular complexity index is 703. The van der Waals surface area contributed by atoms with Gasteiger partial charge >= 0.3 is 0 Å². The first-order valence-corrected chi connectivity index (χ1v) is 6.68. The monoisotopic (exact) mass is 255 g/mol. The van der Waals surface area contributed by atoms with Crippen LogP contribution < -0.4 is 4.90 Å². The number of anilines is 1. The molecule has 98 valence electrons. The normalized spacial score (nSPS) is 11.3. The minimum Gasteiger partial charge on any atom is -0.354 e. The van der Waals surface area contributed by atoms with Gasteiger partial charge in [0.2, 0.25) is 5.65 Å². The zero-order chi connectivity index (χ0) is 13.2. The fourth-order valence-electron chi connectivity index (χ4n) is 2.39. The minimum absolute atomic E-state index is 0.828. The lowest BCUT2D eigenvalue weighted by Crippen LogP contribution is -2.25. The third kappa shape index (κ3) is 1.91. The second kappa shape index (κ2) is 4.84. The molecule has 0 aliphatic rings. The van der Waals surface area contributed by atoms with Gasteiger partial charge in [-0.1, -0.05) is 19.1 Å². The molecule has 0 N–H and O–H groups in total. The zero-order valence-corrected chi connectivity index (χ0v) is 11.2. The van der Waals surface area contributed by atoms with E-state index in [1.165, 1.54) is 0 Å². The van der Waals surface area contributed by atoms with E-state index in [9.17, 15) is 0 Å². The molecule has 1 aromatic carbocycles. The number of hydrogen-bond acceptors (Lipinski definition) is 4. The van der Waals surface area contributed by atoms with Gasteiger partial charge in [0.25, 0.3) is 0 Å². The van der Waals surface area contributed by atoms with Gasteiger partial charge in [0.05, 0.1) is 11.0 Å². The van der Waals surface area contributed by atoms with Crippen molar-refractivity contribution in [2.75, 3.05) is 18.0 Å². The summed E-state index contributed by atoms with van der Waals surface area (Å²) in [5.74, 6) is 0.917. The number of hydrogen-bond donors (Lipinski definition) is 0. The molecule has 19 heavy (non-hydrogen) atoms. The van der Waals surface area contributed by atoms with E-state index in [4.69, 9.17) is 4.98 Å². The second-order valence-electron chi connectivity index (χ2n) is 4.53. The number of nitrogens with zero attached hydrogens (tertiary/aromatic N) is 5. The zero-order valence-electron chi connectivity index (χ0n) is 11.2. The molecule has 0 spiro atoms. The van der Waals surface area contributed by atoms with E-state index in [1.807, 2.05) is 28.7 Å². The van der Waals surface area contributed by atoms with Crippen LogP contribution in [0.5, 0.6) is 0 Å². The minimum atomic E-state index is 0.828. The number of fused-ring (bicyclic) bond motifs is 3. The first kappa shape index (κ1) is 11.9. The standard InChI is InChI=1S/C14H17N5/c1-3-9-18(4-2)13-14-17-15-10-19(14)12-8-6-5-7-11(12)16-13/h5-8,10H,3-4,9H2,1-2H3. The molecule has 0 bridgehead atoms. The molecule has 2 heterocycles. The molecule has 0 fully saturated rings. The van der Waals surface area contributed by atoms with E-state index in [2.05, 4.69) is 28.9 Å². The molecule has 5 heteroatoms. The predicted molar refractivity (Wildman–Crippen MR) is 76.5 cm³/mol. The highest BCUT2D eigenvalue weighted by Gasteiger charge is 2.14. The van der Waals surface area contributed by atoms with Gasteiger partial charge in [0.15, 0.2) is 5.82 Å². The van der Waals surface area contributed by atoms with Crippen molar-refractivity contribution in [2.24, 2.45) is 0 Å². The SMILES string of the molecule is CCCN(CC)c1nc2ccccc2n2cnnc12. The van der Waals surface area contributed by atoms with Crippen molar-refractivity contribution < 1.29 is 0 Å². The van der Waals surface area contributed by atoms with E-state index >= 15 is 0 Å². The van der Waals surface area contributed by atoms with Crippen molar-refractivity contribution >= 4 is 22.5 Å². The number of benzene rings is 1. The van der Waals surface area contributed by atoms with Gasteiger partial charge in [-0.3, -0.25) is 4.40 Å². The largest absolute Gasteiger partial charge is 0.354 e. The first-order valence-electron chi connectivity index (χ1n) is 6.68. The summed E-state index contributed by atoms with van der Waals surface area (Å²) in [5.41, 5.74) is 2.84. The summed E-state index contributed by atoms with van der Waals surface area (Å²) in [6.45, 7) is 6.20. The smallest absolute Gasteiger partial charge is 0.204 e. The van der Waals surface area contributed by atoms with E-state index in [0.717, 1.165) is 42.0 Å². The van der Waals surface area contributed by atoms with Crippen LogP contribution in [0.3, 0.4) is 0 Å². The Hall–Kier alpha value is -2.17. The predicted octanol–water partition coefficient (Wildman–Crippen LogP) is 2.51. The molecule has 0 saturated heterocycles. The quantitative estimate of drug-likeness (QED) is 0.718. The highest BCUT2D eigenvalue weighted by molar-refractivity contribution is 5.82. The fraction of sp³-hybridized carbons (Fsp3) is 0.357. The maximum atomic E-state index is 4.77. The summed E-state index contributed by atoms with van der Waals surface area (Å²) >= 11 is 0. The van der Waals surface area contributed by atoms with Gasteiger partial charge in [-0.2, -0.15) is 0 Å². The van der Waals surface area contributed by atoms with E-state index in [1.54, 1.807) is 6.33 Å². The Morgan fingerprint density at radius 2 is 2.05 bits per heavy atom. The molecule has 0 atom stereocenters. The molecule has 5 nitrogen and oxygen atoms in total. The van der Waals surface area contributed by atoms with Crippen molar-refractivity contribution in [3.63, 3.8) is 0 Å². The highest BCUT2D eigenvalue weighted by atomic mass is 15.3. The third-order valence-electron chi connectivity index (χ3n) is 3.29. The Kier molecular flexibility index (Phi) is 3.03. The maximum Gasteiger partial charge on any atom is 0.204 e. The van der Waals surface area contributed by atoms with Crippen LogP contribution >= 0.6 is 0 Å². The Balaban J connectivity index is 2.29. The second-order valence-corrected chi connectivity index (χ2v) is 4.53. The molecule has 2 aromatic heterocycles. The fourth-order valence-corrected chi connectivity index (χ4v) is 2.39. The van der Waals surface area contributed by atoms with Crippen molar-refractivity contribution in [3.8, 4) is 0 Å². The van der Waals surface area contributed by atoms with Crippen molar-refractivity contribution in [1.29, 1.82) is 0 Å². The van der Waals surface area contributed by atoms with E-state index < -0.39 is 0 Å². The van der Waals surface area contributed by atoms with Gasteiger partial charge in [-0.05, 0) is 25.5 Å². The highest BCUT2D eigenvalue weighted by Crippen LogP contribution is 2.22. The van der Waals surface area contributed by atoms with Crippen LogP contribution in [0.15, 0.2) is 30.6 Å². The lowest BCUT2D eigenvalue weighted by molar-refractivity contribution is 0.780. The number of aromatic nitrogens is 4. The van der Waals surface area contributed by atoms with Crippen molar-refractivity contribution in [2.45, 2.75) is 20.3 Å². The molecular weight excluding hydrogens is 238 g/mol. The summed E-state index contributed by atoms with van der Waals surface area (Å²) in [6, 6.07) is 8.08. The molecule has 0 radical (unpaired) electrons. The van der Waals surface area contributed by atoms with Crippen LogP contribution in [0.2, 0.25) is 0 Å². The van der Waals surface area contributed by atoms with Gasteiger partial charge in [0, 0.05) is 13.1 Å². The van der Waals surface area contributed by atoms with Crippen LogP contribution in [-0.4, -0.2) is 32.7 Å². The Morgan fingerprint density at radius 1 is 1.21 bits per heavy atom. The topological polar surface area (TPSA) is 46.3 Å². The molecule has 3 aromatic rings. The first-order chi connectivity index (χ1) is 9.35. The Labute approximate surface area is 111 Å². The molecule has 0 amide bonds. The molecule has 3 rings (SSSR count). The average molecular weight is 255 g/mol. The summed E-state index contributed by atoms with van der Waals surface area (Å²) in [7, 11) is 0. The summed E-state index contributed by atoms with van der Waals surface area (Å²) in [5, 5.41) is 8.26. The van der Waals surface area contributed by atoms with Crippen LogP contribution in [0.4, 0.5) is 5.82 Å². The van der Waals surface area contributed by atoms with Gasteiger partial charge in [-0.15, -0.1) is 10.2 Å². The number of para-hydroxylation sites is 2. The van der Waals surface area contributed by atoms with Gasteiger partial charge < -0.3 is 4.90 Å². The van der Waals surface area contributed by atoms with Gasteiger partial charge in [0.1, 0.15) is 6.33 Å². The summed E-state index contributed by atoms with van der Waals surface area (Å²) < 4.78 is 2.01. The lowest BCUT2D eigenvalue weighted by Gasteiger charge is -2.21. The van der Waals surface area contributed by atoms with Crippen LogP contribution in [0.1, 0.15) is 20.3 Å². The molecule has 0 aliphatic carbocycles. The average Bonchev–Trinajstić information content (AvgIpc) is 2.94. The van der Waals surface area contributed by atoms with Gasteiger partial charge in [-0.25, -0.2) is 4.98 Å². The maximum absolute atomic E-state index is 4.77. The van der Waals surface area contributed by atoms with Crippen molar-refractivity contribution in [1.82, 2.24) is 19.6 Å². The molecule has 0 aliphatic heterocycles. The lowest BCUT2D eigenvalue weighted by atomic mass is 10.3. The van der Waals surface area contributed by atoms with Crippen LogP contribution in [0.25, 0.3) is 16.7 Å². The molecule has 0 saturated carbocycles. The summed E-state index contributed by atoms with van der Waals surface area (Å²) in [4.78, 5) is 7.01. The van der Waals surface area contributed by atoms with E-state index in [0.29, 0.717) is 0 Å².